The minimum atomic E-state index is -0.271. The number of nitrogens with zero attached hydrogens (tertiary/aromatic N) is 2. The lowest BCUT2D eigenvalue weighted by atomic mass is 10.1. The zero-order valence-corrected chi connectivity index (χ0v) is 12.1. The first-order valence-electron chi connectivity index (χ1n) is 5.75. The van der Waals surface area contributed by atoms with E-state index in [1.54, 1.807) is 4.68 Å². The second kappa shape index (κ2) is 3.98. The molecule has 0 saturated carbocycles. The number of amides is 1. The van der Waals surface area contributed by atoms with Gasteiger partial charge in [0.1, 0.15) is 9.71 Å². The Balaban J connectivity index is 2.50. The summed E-state index contributed by atoms with van der Waals surface area (Å²) in [6.45, 7) is 7.74. The van der Waals surface area contributed by atoms with Crippen LogP contribution in [0.3, 0.4) is 0 Å². The average Bonchev–Trinajstić information content (AvgIpc) is 2.65. The molecule has 6 heteroatoms. The fraction of sp³-hybridized carbons (Fsp3) is 0.500. The Morgan fingerprint density at radius 1 is 1.44 bits per heavy atom. The Hall–Kier alpha value is -1.56. The summed E-state index contributed by atoms with van der Waals surface area (Å²) in [6, 6.07) is 0. The lowest BCUT2D eigenvalue weighted by molar-refractivity contribution is 0.0924. The number of thiophene rings is 1. The van der Waals surface area contributed by atoms with Crippen molar-refractivity contribution in [1.82, 2.24) is 15.1 Å². The topological polar surface area (TPSA) is 72.9 Å². The highest BCUT2D eigenvalue weighted by atomic mass is 32.1. The number of carbonyl (C=O) groups is 1. The van der Waals surface area contributed by atoms with Crippen molar-refractivity contribution >= 4 is 33.1 Å². The molecule has 2 heterocycles. The zero-order chi connectivity index (χ0) is 13.7. The van der Waals surface area contributed by atoms with Gasteiger partial charge >= 0.3 is 0 Å². The summed E-state index contributed by atoms with van der Waals surface area (Å²) in [4.78, 5) is 13.7. The van der Waals surface area contributed by atoms with Crippen molar-refractivity contribution in [3.05, 3.63) is 10.6 Å². The summed E-state index contributed by atoms with van der Waals surface area (Å²) in [5.41, 5.74) is 7.19. The lowest BCUT2D eigenvalue weighted by Crippen LogP contribution is -2.40. The highest BCUT2D eigenvalue weighted by Crippen LogP contribution is 2.35. The molecular weight excluding hydrogens is 248 g/mol. The molecule has 0 aromatic carbocycles. The third-order valence-corrected chi connectivity index (χ3v) is 3.85. The molecule has 0 aliphatic carbocycles. The first-order valence-corrected chi connectivity index (χ1v) is 6.56. The number of nitrogen functional groups attached to an aromatic ring is 1. The molecule has 0 aliphatic rings. The molecule has 2 aromatic heterocycles. The number of nitrogens with one attached hydrogen (secondary N) is 1. The van der Waals surface area contributed by atoms with Gasteiger partial charge < -0.3 is 11.1 Å². The fourth-order valence-electron chi connectivity index (χ4n) is 1.90. The Morgan fingerprint density at radius 3 is 2.56 bits per heavy atom. The monoisotopic (exact) mass is 266 g/mol. The van der Waals surface area contributed by atoms with Gasteiger partial charge in [-0.1, -0.05) is 0 Å². The lowest BCUT2D eigenvalue weighted by Gasteiger charge is -2.20. The van der Waals surface area contributed by atoms with Crippen LogP contribution in [0.15, 0.2) is 0 Å². The second-order valence-electron chi connectivity index (χ2n) is 5.44. The van der Waals surface area contributed by atoms with Gasteiger partial charge in [0, 0.05) is 12.6 Å². The number of hydrogen-bond donors (Lipinski definition) is 2. The first-order chi connectivity index (χ1) is 8.20. The molecular formula is C12H18N4OS. The van der Waals surface area contributed by atoms with Crippen molar-refractivity contribution in [3.63, 3.8) is 0 Å². The standard InChI is InChI=1S/C12H18N4OS/c1-6-7-8(13)9(10(17)14-12(2,3)4)18-11(7)16(5)15-6/h13H2,1-5H3,(H,14,17). The first kappa shape index (κ1) is 12.9. The molecule has 0 spiro atoms. The summed E-state index contributed by atoms with van der Waals surface area (Å²) >= 11 is 1.38. The van der Waals surface area contributed by atoms with Gasteiger partial charge in [-0.15, -0.1) is 11.3 Å². The van der Waals surface area contributed by atoms with Gasteiger partial charge in [-0.25, -0.2) is 0 Å². The van der Waals surface area contributed by atoms with Gasteiger partial charge in [-0.05, 0) is 27.7 Å². The highest BCUT2D eigenvalue weighted by molar-refractivity contribution is 7.21. The van der Waals surface area contributed by atoms with Crippen LogP contribution in [0.2, 0.25) is 0 Å². The maximum absolute atomic E-state index is 12.2. The number of fused-ring (bicyclic) bond motifs is 1. The molecule has 0 saturated heterocycles. The van der Waals surface area contributed by atoms with E-state index in [1.807, 2.05) is 34.7 Å². The van der Waals surface area contributed by atoms with E-state index in [9.17, 15) is 4.79 Å². The molecule has 0 fully saturated rings. The largest absolute Gasteiger partial charge is 0.397 e. The summed E-state index contributed by atoms with van der Waals surface area (Å²) < 4.78 is 1.76. The van der Waals surface area contributed by atoms with Crippen LogP contribution < -0.4 is 11.1 Å². The van der Waals surface area contributed by atoms with Crippen LogP contribution in [0.5, 0.6) is 0 Å². The van der Waals surface area contributed by atoms with Crippen LogP contribution in [0.25, 0.3) is 10.2 Å². The van der Waals surface area contributed by atoms with Crippen LogP contribution in [-0.4, -0.2) is 21.2 Å². The summed E-state index contributed by atoms with van der Waals surface area (Å²) in [6.07, 6.45) is 0. The average molecular weight is 266 g/mol. The van der Waals surface area contributed by atoms with Crippen LogP contribution in [-0.2, 0) is 7.05 Å². The number of nitrogens with two attached hydrogens (primary N) is 1. The predicted octanol–water partition coefficient (Wildman–Crippen LogP) is 2.05. The minimum absolute atomic E-state index is 0.124. The number of hydrogen-bond acceptors (Lipinski definition) is 4. The van der Waals surface area contributed by atoms with Crippen molar-refractivity contribution in [2.75, 3.05) is 5.73 Å². The molecule has 18 heavy (non-hydrogen) atoms. The van der Waals surface area contributed by atoms with Crippen LogP contribution >= 0.6 is 11.3 Å². The van der Waals surface area contributed by atoms with Gasteiger partial charge in [0.05, 0.1) is 16.8 Å². The molecule has 2 aromatic rings. The van der Waals surface area contributed by atoms with Crippen molar-refractivity contribution in [3.8, 4) is 0 Å². The number of aromatic nitrogens is 2. The summed E-state index contributed by atoms with van der Waals surface area (Å²) in [7, 11) is 1.86. The number of anilines is 1. The molecule has 0 atom stereocenters. The van der Waals surface area contributed by atoms with Crippen molar-refractivity contribution < 1.29 is 4.79 Å². The van der Waals surface area contributed by atoms with Gasteiger partial charge in [0.15, 0.2) is 0 Å². The van der Waals surface area contributed by atoms with Gasteiger partial charge in [0.2, 0.25) is 0 Å². The van der Waals surface area contributed by atoms with Gasteiger partial charge in [-0.3, -0.25) is 9.48 Å². The number of aryl methyl sites for hydroxylation is 2. The quantitative estimate of drug-likeness (QED) is 0.829. The van der Waals surface area contributed by atoms with E-state index in [0.29, 0.717) is 10.6 Å². The van der Waals surface area contributed by atoms with Crippen molar-refractivity contribution in [2.45, 2.75) is 33.2 Å². The van der Waals surface area contributed by atoms with Crippen LogP contribution in [0, 0.1) is 6.92 Å². The number of carbonyl (C=O) groups excluding carboxylic acids is 1. The van der Waals surface area contributed by atoms with E-state index >= 15 is 0 Å². The normalized spacial score (nSPS) is 12.1. The molecule has 0 aliphatic heterocycles. The third-order valence-electron chi connectivity index (χ3n) is 2.58. The van der Waals surface area contributed by atoms with E-state index < -0.39 is 0 Å². The molecule has 98 valence electrons. The Morgan fingerprint density at radius 2 is 2.06 bits per heavy atom. The predicted molar refractivity (Wildman–Crippen MR) is 75.0 cm³/mol. The van der Waals surface area contributed by atoms with Crippen LogP contribution in [0.4, 0.5) is 5.69 Å². The third kappa shape index (κ3) is 2.08. The van der Waals surface area contributed by atoms with E-state index in [2.05, 4.69) is 10.4 Å². The van der Waals surface area contributed by atoms with E-state index in [1.165, 1.54) is 11.3 Å². The Kier molecular flexibility index (Phi) is 2.85. The minimum Gasteiger partial charge on any atom is -0.397 e. The molecule has 1 amide bonds. The van der Waals surface area contributed by atoms with E-state index in [4.69, 9.17) is 5.73 Å². The van der Waals surface area contributed by atoms with E-state index in [-0.39, 0.29) is 11.4 Å². The van der Waals surface area contributed by atoms with Gasteiger partial charge in [0.25, 0.3) is 5.91 Å². The van der Waals surface area contributed by atoms with Crippen LogP contribution in [0.1, 0.15) is 36.1 Å². The van der Waals surface area contributed by atoms with Crippen molar-refractivity contribution in [1.29, 1.82) is 0 Å². The second-order valence-corrected chi connectivity index (χ2v) is 6.44. The molecule has 0 radical (unpaired) electrons. The zero-order valence-electron chi connectivity index (χ0n) is 11.3. The molecule has 5 nitrogen and oxygen atoms in total. The van der Waals surface area contributed by atoms with E-state index in [0.717, 1.165) is 15.9 Å². The van der Waals surface area contributed by atoms with Gasteiger partial charge in [-0.2, -0.15) is 5.10 Å². The molecule has 0 unspecified atom stereocenters. The Bertz CT molecular complexity index is 618. The van der Waals surface area contributed by atoms with Crippen molar-refractivity contribution in [2.24, 2.45) is 7.05 Å². The summed E-state index contributed by atoms with van der Waals surface area (Å²) in [5.74, 6) is -0.124. The molecule has 3 N–H and O–H groups in total. The number of rotatable bonds is 1. The maximum Gasteiger partial charge on any atom is 0.263 e. The highest BCUT2D eigenvalue weighted by Gasteiger charge is 2.23. The maximum atomic E-state index is 12.2. The smallest absolute Gasteiger partial charge is 0.263 e. The Labute approximate surface area is 110 Å². The SMILES string of the molecule is Cc1nn(C)c2sc(C(=O)NC(C)(C)C)c(N)c12. The summed E-state index contributed by atoms with van der Waals surface area (Å²) in [5, 5.41) is 8.12. The fourth-order valence-corrected chi connectivity index (χ4v) is 2.98. The molecule has 0 bridgehead atoms. The molecule has 2 rings (SSSR count).